The summed E-state index contributed by atoms with van der Waals surface area (Å²) in [6, 6.07) is 0. The third-order valence-electron chi connectivity index (χ3n) is 1.33. The van der Waals surface area contributed by atoms with Crippen LogP contribution in [0.4, 0.5) is 0 Å². The van der Waals surface area contributed by atoms with Crippen LogP contribution < -0.4 is 5.73 Å². The van der Waals surface area contributed by atoms with Gasteiger partial charge in [0.15, 0.2) is 0 Å². The highest BCUT2D eigenvalue weighted by Gasteiger charge is 2.20. The lowest BCUT2D eigenvalue weighted by Gasteiger charge is -2.06. The molecular formula is C6H9NO3. The summed E-state index contributed by atoms with van der Waals surface area (Å²) in [4.78, 5) is 10.2. The van der Waals surface area contributed by atoms with Gasteiger partial charge in [0.05, 0.1) is 0 Å². The lowest BCUT2D eigenvalue weighted by Crippen LogP contribution is -2.20. The number of aliphatic carboxylic acids is 1. The maximum Gasteiger partial charge on any atom is 0.370 e. The largest absolute Gasteiger partial charge is 0.482 e. The van der Waals surface area contributed by atoms with Gasteiger partial charge in [-0.05, 0) is 6.08 Å². The van der Waals surface area contributed by atoms with Gasteiger partial charge in [-0.2, -0.15) is 0 Å². The van der Waals surface area contributed by atoms with Crippen LogP contribution in [0.25, 0.3) is 0 Å². The van der Waals surface area contributed by atoms with Gasteiger partial charge in [-0.15, -0.1) is 0 Å². The zero-order valence-electron chi connectivity index (χ0n) is 5.41. The Hall–Kier alpha value is -1.03. The predicted molar refractivity (Wildman–Crippen MR) is 34.3 cm³/mol. The summed E-state index contributed by atoms with van der Waals surface area (Å²) in [7, 11) is 0. The lowest BCUT2D eigenvalue weighted by molar-refractivity contribution is -0.136. The third-order valence-corrected chi connectivity index (χ3v) is 1.33. The van der Waals surface area contributed by atoms with Crippen LogP contribution in [0.1, 0.15) is 6.42 Å². The van der Waals surface area contributed by atoms with Crippen molar-refractivity contribution in [1.29, 1.82) is 0 Å². The van der Waals surface area contributed by atoms with Gasteiger partial charge in [0.2, 0.25) is 5.76 Å². The topological polar surface area (TPSA) is 72.6 Å². The van der Waals surface area contributed by atoms with Crippen molar-refractivity contribution in [2.24, 2.45) is 5.73 Å². The molecule has 1 rings (SSSR count). The minimum absolute atomic E-state index is 0.0236. The standard InChI is InChI=1S/C6H9NO3/c7-3-4-1-2-5(10-4)6(8)9/h2,4H,1,3,7H2,(H,8,9). The average Bonchev–Trinajstić information content (AvgIpc) is 2.34. The normalized spacial score (nSPS) is 23.7. The molecule has 0 fully saturated rings. The van der Waals surface area contributed by atoms with Crippen LogP contribution in [0.15, 0.2) is 11.8 Å². The summed E-state index contributed by atoms with van der Waals surface area (Å²) in [5.74, 6) is -0.994. The molecule has 1 atom stereocenters. The molecule has 10 heavy (non-hydrogen) atoms. The number of carbonyl (C=O) groups is 1. The molecule has 4 nitrogen and oxygen atoms in total. The van der Waals surface area contributed by atoms with E-state index in [1.54, 1.807) is 6.08 Å². The van der Waals surface area contributed by atoms with Crippen molar-refractivity contribution in [2.75, 3.05) is 6.54 Å². The first-order valence-electron chi connectivity index (χ1n) is 3.04. The Morgan fingerprint density at radius 3 is 3.00 bits per heavy atom. The van der Waals surface area contributed by atoms with E-state index in [4.69, 9.17) is 15.6 Å². The molecule has 0 saturated carbocycles. The van der Waals surface area contributed by atoms with Crippen molar-refractivity contribution in [3.05, 3.63) is 11.8 Å². The third kappa shape index (κ3) is 1.27. The van der Waals surface area contributed by atoms with Gasteiger partial charge in [-0.1, -0.05) is 0 Å². The molecule has 4 heteroatoms. The molecule has 1 aliphatic rings. The molecule has 0 radical (unpaired) electrons. The lowest BCUT2D eigenvalue weighted by atomic mass is 10.3. The fraction of sp³-hybridized carbons (Fsp3) is 0.500. The number of carboxylic acid groups (broad SMARTS) is 1. The molecule has 0 aromatic rings. The highest BCUT2D eigenvalue weighted by atomic mass is 16.5. The van der Waals surface area contributed by atoms with E-state index < -0.39 is 5.97 Å². The first-order chi connectivity index (χ1) is 4.74. The molecule has 56 valence electrons. The van der Waals surface area contributed by atoms with E-state index in [9.17, 15) is 4.79 Å². The van der Waals surface area contributed by atoms with Crippen molar-refractivity contribution in [2.45, 2.75) is 12.5 Å². The molecule has 0 aromatic heterocycles. The molecule has 1 heterocycles. The zero-order valence-corrected chi connectivity index (χ0v) is 5.41. The van der Waals surface area contributed by atoms with Crippen molar-refractivity contribution in [1.82, 2.24) is 0 Å². The van der Waals surface area contributed by atoms with E-state index in [1.807, 2.05) is 0 Å². The second kappa shape index (κ2) is 2.70. The molecule has 1 aliphatic heterocycles. The highest BCUT2D eigenvalue weighted by molar-refractivity contribution is 5.84. The summed E-state index contributed by atoms with van der Waals surface area (Å²) < 4.78 is 4.91. The van der Waals surface area contributed by atoms with Crippen molar-refractivity contribution >= 4 is 5.97 Å². The molecule has 1 unspecified atom stereocenters. The maximum atomic E-state index is 10.2. The van der Waals surface area contributed by atoms with Crippen LogP contribution in [0.2, 0.25) is 0 Å². The fourth-order valence-corrected chi connectivity index (χ4v) is 0.796. The molecule has 0 saturated heterocycles. The van der Waals surface area contributed by atoms with E-state index in [0.29, 0.717) is 13.0 Å². The predicted octanol–water partition coefficient (Wildman–Crippen LogP) is -0.298. The molecule has 3 N–H and O–H groups in total. The van der Waals surface area contributed by atoms with Crippen LogP contribution in [0.5, 0.6) is 0 Å². The SMILES string of the molecule is NCC1CC=C(C(=O)O)O1. The Labute approximate surface area is 58.3 Å². The summed E-state index contributed by atoms with van der Waals surface area (Å²) in [5.41, 5.74) is 5.24. The molecule has 0 aromatic carbocycles. The van der Waals surface area contributed by atoms with Gasteiger partial charge in [-0.25, -0.2) is 4.79 Å². The molecular weight excluding hydrogens is 134 g/mol. The molecule has 0 aliphatic carbocycles. The van der Waals surface area contributed by atoms with Gasteiger partial charge >= 0.3 is 5.97 Å². The van der Waals surface area contributed by atoms with Crippen LogP contribution >= 0.6 is 0 Å². The number of hydrogen-bond acceptors (Lipinski definition) is 3. The van der Waals surface area contributed by atoms with Gasteiger partial charge < -0.3 is 15.6 Å². The van der Waals surface area contributed by atoms with Gasteiger partial charge in [0.1, 0.15) is 6.10 Å². The quantitative estimate of drug-likeness (QED) is 0.556. The molecule has 0 amide bonds. The Morgan fingerprint density at radius 1 is 2.00 bits per heavy atom. The second-order valence-electron chi connectivity index (χ2n) is 2.08. The number of ether oxygens (including phenoxy) is 1. The maximum absolute atomic E-state index is 10.2. The molecule has 0 bridgehead atoms. The zero-order chi connectivity index (χ0) is 7.56. The summed E-state index contributed by atoms with van der Waals surface area (Å²) in [5, 5.41) is 8.39. The first-order valence-corrected chi connectivity index (χ1v) is 3.04. The summed E-state index contributed by atoms with van der Waals surface area (Å²) in [6.07, 6.45) is 2.02. The number of rotatable bonds is 2. The summed E-state index contributed by atoms with van der Waals surface area (Å²) in [6.45, 7) is 0.368. The number of hydrogen-bond donors (Lipinski definition) is 2. The van der Waals surface area contributed by atoms with Crippen LogP contribution in [-0.4, -0.2) is 23.7 Å². The Bertz CT molecular complexity index is 176. The van der Waals surface area contributed by atoms with Gasteiger partial charge in [0, 0.05) is 13.0 Å². The van der Waals surface area contributed by atoms with Crippen molar-refractivity contribution in [3.63, 3.8) is 0 Å². The van der Waals surface area contributed by atoms with E-state index >= 15 is 0 Å². The van der Waals surface area contributed by atoms with Crippen LogP contribution in [0, 0.1) is 0 Å². The van der Waals surface area contributed by atoms with Crippen molar-refractivity contribution in [3.8, 4) is 0 Å². The molecule has 0 spiro atoms. The Balaban J connectivity index is 2.47. The van der Waals surface area contributed by atoms with Gasteiger partial charge in [-0.3, -0.25) is 0 Å². The van der Waals surface area contributed by atoms with E-state index in [0.717, 1.165) is 0 Å². The highest BCUT2D eigenvalue weighted by Crippen LogP contribution is 2.15. The van der Waals surface area contributed by atoms with Crippen molar-refractivity contribution < 1.29 is 14.6 Å². The monoisotopic (exact) mass is 143 g/mol. The second-order valence-corrected chi connectivity index (χ2v) is 2.08. The summed E-state index contributed by atoms with van der Waals surface area (Å²) >= 11 is 0. The van der Waals surface area contributed by atoms with Gasteiger partial charge in [0.25, 0.3) is 0 Å². The van der Waals surface area contributed by atoms with Crippen LogP contribution in [-0.2, 0) is 9.53 Å². The minimum Gasteiger partial charge on any atom is -0.482 e. The number of nitrogens with two attached hydrogens (primary N) is 1. The average molecular weight is 143 g/mol. The number of carboxylic acids is 1. The van der Waals surface area contributed by atoms with E-state index in [-0.39, 0.29) is 11.9 Å². The first kappa shape index (κ1) is 7.08. The van der Waals surface area contributed by atoms with E-state index in [1.165, 1.54) is 0 Å². The van der Waals surface area contributed by atoms with Crippen LogP contribution in [0.3, 0.4) is 0 Å². The fourth-order valence-electron chi connectivity index (χ4n) is 0.796. The smallest absolute Gasteiger partial charge is 0.370 e. The Morgan fingerprint density at radius 2 is 2.70 bits per heavy atom. The Kier molecular flexibility index (Phi) is 1.91. The minimum atomic E-state index is -1.02. The van der Waals surface area contributed by atoms with E-state index in [2.05, 4.69) is 0 Å².